The van der Waals surface area contributed by atoms with Gasteiger partial charge in [0.25, 0.3) is 0 Å². The van der Waals surface area contributed by atoms with Crippen LogP contribution in [0.3, 0.4) is 0 Å². The van der Waals surface area contributed by atoms with E-state index in [9.17, 15) is 4.79 Å². The van der Waals surface area contributed by atoms with Gasteiger partial charge in [-0.2, -0.15) is 0 Å². The molecule has 176 valence electrons. The first-order chi connectivity index (χ1) is 16.1. The number of benzene rings is 2. The van der Waals surface area contributed by atoms with Crippen molar-refractivity contribution in [2.45, 2.75) is 71.8 Å². The van der Waals surface area contributed by atoms with Crippen LogP contribution in [0.4, 0.5) is 0 Å². The molecule has 0 aliphatic heterocycles. The molecule has 0 saturated heterocycles. The van der Waals surface area contributed by atoms with E-state index < -0.39 is 0 Å². The molecular formula is C28H37N3O2. The highest BCUT2D eigenvalue weighted by molar-refractivity contribution is 5.78. The Balaban J connectivity index is 1.31. The minimum absolute atomic E-state index is 0.203. The highest BCUT2D eigenvalue weighted by Crippen LogP contribution is 2.24. The molecule has 1 aliphatic rings. The Morgan fingerprint density at radius 3 is 2.58 bits per heavy atom. The number of rotatable bonds is 10. The van der Waals surface area contributed by atoms with E-state index in [0.717, 1.165) is 55.7 Å². The second-order valence-corrected chi connectivity index (χ2v) is 9.32. The van der Waals surface area contributed by atoms with Crippen LogP contribution in [-0.4, -0.2) is 28.6 Å². The van der Waals surface area contributed by atoms with Gasteiger partial charge in [-0.1, -0.05) is 49.6 Å². The van der Waals surface area contributed by atoms with E-state index in [0.29, 0.717) is 13.2 Å². The summed E-state index contributed by atoms with van der Waals surface area (Å²) >= 11 is 0. The van der Waals surface area contributed by atoms with Crippen LogP contribution >= 0.6 is 0 Å². The first kappa shape index (κ1) is 23.3. The number of imidazole rings is 1. The van der Waals surface area contributed by atoms with Crippen molar-refractivity contribution in [3.05, 3.63) is 59.4 Å². The largest absolute Gasteiger partial charge is 0.493 e. The van der Waals surface area contributed by atoms with Gasteiger partial charge >= 0.3 is 0 Å². The normalized spacial score (nSPS) is 14.5. The van der Waals surface area contributed by atoms with Crippen molar-refractivity contribution in [2.75, 3.05) is 13.2 Å². The lowest BCUT2D eigenvalue weighted by Gasteiger charge is -2.20. The molecule has 1 amide bonds. The number of unbranched alkanes of at least 4 members (excludes halogenated alkanes) is 1. The van der Waals surface area contributed by atoms with Crippen LogP contribution in [0.1, 0.15) is 61.9 Å². The smallest absolute Gasteiger partial charge is 0.223 e. The predicted octanol–water partition coefficient (Wildman–Crippen LogP) is 5.75. The Bertz CT molecular complexity index is 1050. The molecule has 0 spiro atoms. The van der Waals surface area contributed by atoms with Gasteiger partial charge in [0.2, 0.25) is 5.91 Å². The summed E-state index contributed by atoms with van der Waals surface area (Å²) in [6, 6.07) is 14.6. The van der Waals surface area contributed by atoms with Crippen molar-refractivity contribution in [1.82, 2.24) is 14.9 Å². The number of carbonyl (C=O) groups excluding carboxylic acids is 1. The van der Waals surface area contributed by atoms with Crippen LogP contribution in [0.25, 0.3) is 11.0 Å². The third-order valence-electron chi connectivity index (χ3n) is 6.79. The molecule has 1 fully saturated rings. The van der Waals surface area contributed by atoms with Crippen LogP contribution < -0.4 is 10.1 Å². The van der Waals surface area contributed by atoms with E-state index in [-0.39, 0.29) is 11.8 Å². The maximum Gasteiger partial charge on any atom is 0.223 e. The van der Waals surface area contributed by atoms with Crippen molar-refractivity contribution in [3.8, 4) is 5.75 Å². The van der Waals surface area contributed by atoms with Gasteiger partial charge in [0, 0.05) is 25.4 Å². The minimum atomic E-state index is 0.203. The Morgan fingerprint density at radius 2 is 1.79 bits per heavy atom. The molecule has 5 nitrogen and oxygen atoms in total. The van der Waals surface area contributed by atoms with Gasteiger partial charge in [-0.05, 0) is 62.8 Å². The number of aromatic nitrogens is 2. The van der Waals surface area contributed by atoms with Gasteiger partial charge in [-0.3, -0.25) is 4.79 Å². The first-order valence-corrected chi connectivity index (χ1v) is 12.5. The number of ether oxygens (including phenoxy) is 1. The van der Waals surface area contributed by atoms with E-state index in [4.69, 9.17) is 9.72 Å². The number of hydrogen-bond donors (Lipinski definition) is 1. The zero-order valence-electron chi connectivity index (χ0n) is 20.1. The molecule has 3 aromatic rings. The van der Waals surface area contributed by atoms with E-state index in [1.54, 1.807) is 0 Å². The standard InChI is InChI=1S/C28H37N3O2/c1-21-11-10-12-22(2)27(21)33-20-9-8-19-31-25-16-7-6-15-24(25)30-26(31)17-18-29-28(32)23-13-4-3-5-14-23/h6-7,10-12,15-16,23H,3-5,8-9,13-14,17-20H2,1-2H3,(H,29,32). The van der Waals surface area contributed by atoms with Gasteiger partial charge in [0.1, 0.15) is 11.6 Å². The molecule has 0 atom stereocenters. The van der Waals surface area contributed by atoms with Gasteiger partial charge < -0.3 is 14.6 Å². The third kappa shape index (κ3) is 5.95. The quantitative estimate of drug-likeness (QED) is 0.403. The molecular weight excluding hydrogens is 410 g/mol. The van der Waals surface area contributed by atoms with Crippen molar-refractivity contribution in [2.24, 2.45) is 5.92 Å². The van der Waals surface area contributed by atoms with E-state index in [1.807, 2.05) is 6.07 Å². The van der Waals surface area contributed by atoms with Crippen LogP contribution in [0, 0.1) is 19.8 Å². The summed E-state index contributed by atoms with van der Waals surface area (Å²) in [5, 5.41) is 3.17. The molecule has 2 aromatic carbocycles. The van der Waals surface area contributed by atoms with Crippen LogP contribution in [0.5, 0.6) is 5.75 Å². The summed E-state index contributed by atoms with van der Waals surface area (Å²) in [7, 11) is 0. The van der Waals surface area contributed by atoms with Crippen molar-refractivity contribution in [3.63, 3.8) is 0 Å². The molecule has 5 heteroatoms. The summed E-state index contributed by atoms with van der Waals surface area (Å²) in [5.41, 5.74) is 4.57. The average Bonchev–Trinajstić information content (AvgIpc) is 3.18. The van der Waals surface area contributed by atoms with Crippen molar-refractivity contribution < 1.29 is 9.53 Å². The van der Waals surface area contributed by atoms with Crippen LogP contribution in [0.15, 0.2) is 42.5 Å². The average molecular weight is 448 g/mol. The Labute approximate surface area is 197 Å². The number of aryl methyl sites for hydroxylation is 3. The number of hydrogen-bond acceptors (Lipinski definition) is 3. The topological polar surface area (TPSA) is 56.1 Å². The van der Waals surface area contributed by atoms with Crippen molar-refractivity contribution in [1.29, 1.82) is 0 Å². The fourth-order valence-electron chi connectivity index (χ4n) is 4.95. The zero-order chi connectivity index (χ0) is 23.0. The number of fused-ring (bicyclic) bond motifs is 1. The van der Waals surface area contributed by atoms with Crippen LogP contribution in [-0.2, 0) is 17.8 Å². The van der Waals surface area contributed by atoms with E-state index >= 15 is 0 Å². The maximum atomic E-state index is 12.5. The summed E-state index contributed by atoms with van der Waals surface area (Å²) in [6.45, 7) is 6.46. The van der Waals surface area contributed by atoms with Gasteiger partial charge in [-0.25, -0.2) is 4.98 Å². The van der Waals surface area contributed by atoms with Crippen molar-refractivity contribution >= 4 is 16.9 Å². The Kier molecular flexibility index (Phi) is 8.03. The summed E-state index contributed by atoms with van der Waals surface area (Å²) in [6.07, 6.45) is 8.46. The Hall–Kier alpha value is -2.82. The maximum absolute atomic E-state index is 12.5. The lowest BCUT2D eigenvalue weighted by molar-refractivity contribution is -0.125. The highest BCUT2D eigenvalue weighted by atomic mass is 16.5. The summed E-state index contributed by atoms with van der Waals surface area (Å²) < 4.78 is 8.40. The molecule has 1 N–H and O–H groups in total. The number of carbonyl (C=O) groups is 1. The fraction of sp³-hybridized carbons (Fsp3) is 0.500. The number of nitrogens with one attached hydrogen (secondary N) is 1. The third-order valence-corrected chi connectivity index (χ3v) is 6.79. The molecule has 1 saturated carbocycles. The predicted molar refractivity (Wildman–Crippen MR) is 134 cm³/mol. The van der Waals surface area contributed by atoms with Gasteiger partial charge in [0.15, 0.2) is 0 Å². The van der Waals surface area contributed by atoms with E-state index in [2.05, 4.69) is 60.1 Å². The molecule has 1 aliphatic carbocycles. The number of nitrogens with zero attached hydrogens (tertiary/aromatic N) is 2. The molecule has 1 aromatic heterocycles. The first-order valence-electron chi connectivity index (χ1n) is 12.5. The molecule has 4 rings (SSSR count). The summed E-state index contributed by atoms with van der Waals surface area (Å²) in [4.78, 5) is 17.4. The second kappa shape index (κ2) is 11.4. The summed E-state index contributed by atoms with van der Waals surface area (Å²) in [5.74, 6) is 2.49. The molecule has 0 unspecified atom stereocenters. The lowest BCUT2D eigenvalue weighted by Crippen LogP contribution is -2.33. The highest BCUT2D eigenvalue weighted by Gasteiger charge is 2.20. The number of para-hydroxylation sites is 3. The zero-order valence-corrected chi connectivity index (χ0v) is 20.1. The van der Waals surface area contributed by atoms with Gasteiger partial charge in [-0.15, -0.1) is 0 Å². The molecule has 33 heavy (non-hydrogen) atoms. The van der Waals surface area contributed by atoms with E-state index in [1.165, 1.54) is 35.9 Å². The molecule has 0 radical (unpaired) electrons. The minimum Gasteiger partial charge on any atom is -0.493 e. The monoisotopic (exact) mass is 447 g/mol. The second-order valence-electron chi connectivity index (χ2n) is 9.32. The fourth-order valence-corrected chi connectivity index (χ4v) is 4.95. The Morgan fingerprint density at radius 1 is 1.03 bits per heavy atom. The van der Waals surface area contributed by atoms with Crippen LogP contribution in [0.2, 0.25) is 0 Å². The molecule has 1 heterocycles. The van der Waals surface area contributed by atoms with Gasteiger partial charge in [0.05, 0.1) is 17.6 Å². The SMILES string of the molecule is Cc1cccc(C)c1OCCCCn1c(CCNC(=O)C2CCCCC2)nc2ccccc21. The lowest BCUT2D eigenvalue weighted by atomic mass is 9.89. The number of amides is 1. The molecule has 0 bridgehead atoms.